The monoisotopic (exact) mass is 310 g/mol. The minimum atomic E-state index is -3.53. The quantitative estimate of drug-likeness (QED) is 0.793. The average Bonchev–Trinajstić information content (AvgIpc) is 2.49. The highest BCUT2D eigenvalue weighted by Crippen LogP contribution is 2.20. The summed E-state index contributed by atoms with van der Waals surface area (Å²) in [6.07, 6.45) is 0.370. The predicted octanol–water partition coefficient (Wildman–Crippen LogP) is 1.60. The molecule has 1 atom stereocenters. The Morgan fingerprint density at radius 2 is 2.05 bits per heavy atom. The normalized spacial score (nSPS) is 21.4. The molecule has 0 saturated carbocycles. The molecule has 116 valence electrons. The third-order valence-electron chi connectivity index (χ3n) is 4.04. The maximum atomic E-state index is 12.7. The van der Waals surface area contributed by atoms with Crippen molar-refractivity contribution in [2.75, 3.05) is 26.7 Å². The number of sulfonamides is 1. The van der Waals surface area contributed by atoms with E-state index in [-0.39, 0.29) is 16.7 Å². The number of benzene rings is 1. The zero-order chi connectivity index (χ0) is 15.6. The van der Waals surface area contributed by atoms with Gasteiger partial charge in [-0.1, -0.05) is 19.1 Å². The van der Waals surface area contributed by atoms with Crippen LogP contribution in [0.4, 0.5) is 0 Å². The van der Waals surface area contributed by atoms with Gasteiger partial charge in [-0.25, -0.2) is 8.42 Å². The van der Waals surface area contributed by atoms with Gasteiger partial charge in [0.1, 0.15) is 0 Å². The Labute approximate surface area is 126 Å². The van der Waals surface area contributed by atoms with Crippen LogP contribution in [-0.4, -0.2) is 56.1 Å². The Balaban J connectivity index is 2.30. The lowest BCUT2D eigenvalue weighted by Crippen LogP contribution is -2.51. The molecule has 0 N–H and O–H groups in total. The van der Waals surface area contributed by atoms with Crippen LogP contribution in [-0.2, 0) is 10.0 Å². The van der Waals surface area contributed by atoms with Crippen molar-refractivity contribution in [1.29, 1.82) is 0 Å². The lowest BCUT2D eigenvalue weighted by molar-refractivity contribution is 0.0988. The molecule has 21 heavy (non-hydrogen) atoms. The number of likely N-dealkylation sites (N-methyl/N-ethyl adjacent to an activating group) is 1. The lowest BCUT2D eigenvalue weighted by atomic mass is 10.1. The van der Waals surface area contributed by atoms with Crippen molar-refractivity contribution in [3.8, 4) is 0 Å². The van der Waals surface area contributed by atoms with Crippen molar-refractivity contribution < 1.29 is 13.2 Å². The zero-order valence-electron chi connectivity index (χ0n) is 12.7. The third-order valence-corrected chi connectivity index (χ3v) is 5.90. The van der Waals surface area contributed by atoms with E-state index in [2.05, 4.69) is 4.90 Å². The van der Waals surface area contributed by atoms with Crippen LogP contribution in [0.1, 0.15) is 30.6 Å². The Kier molecular flexibility index (Phi) is 4.81. The summed E-state index contributed by atoms with van der Waals surface area (Å²) in [6, 6.07) is 6.54. The molecular formula is C15H22N2O3S. The highest BCUT2D eigenvalue weighted by atomic mass is 32.2. The van der Waals surface area contributed by atoms with Crippen LogP contribution in [0.2, 0.25) is 0 Å². The van der Waals surface area contributed by atoms with E-state index in [1.54, 1.807) is 25.1 Å². The largest absolute Gasteiger partial charge is 0.301 e. The van der Waals surface area contributed by atoms with Gasteiger partial charge in [-0.05, 0) is 26.1 Å². The van der Waals surface area contributed by atoms with Gasteiger partial charge in [-0.2, -0.15) is 4.31 Å². The molecule has 0 spiro atoms. The zero-order valence-corrected chi connectivity index (χ0v) is 13.6. The van der Waals surface area contributed by atoms with E-state index in [9.17, 15) is 13.2 Å². The number of carbonyl (C=O) groups is 1. The van der Waals surface area contributed by atoms with E-state index >= 15 is 0 Å². The topological polar surface area (TPSA) is 57.7 Å². The number of Topliss-reactive ketones (excluding diaryl/α,β-unsaturated/α-hetero) is 1. The first-order valence-electron chi connectivity index (χ1n) is 7.20. The fourth-order valence-electron chi connectivity index (χ4n) is 2.42. The number of rotatable bonds is 4. The molecule has 0 bridgehead atoms. The van der Waals surface area contributed by atoms with Crippen LogP contribution in [0.5, 0.6) is 0 Å². The van der Waals surface area contributed by atoms with Crippen molar-refractivity contribution in [2.45, 2.75) is 31.2 Å². The minimum absolute atomic E-state index is 0.0428. The fraction of sp³-hybridized carbons (Fsp3) is 0.533. The van der Waals surface area contributed by atoms with Crippen LogP contribution < -0.4 is 0 Å². The number of carbonyl (C=O) groups excluding carboxylic acids is 1. The van der Waals surface area contributed by atoms with Gasteiger partial charge in [0.25, 0.3) is 0 Å². The maximum Gasteiger partial charge on any atom is 0.243 e. The van der Waals surface area contributed by atoms with Gasteiger partial charge in [-0.3, -0.25) is 4.79 Å². The summed E-state index contributed by atoms with van der Waals surface area (Å²) >= 11 is 0. The predicted molar refractivity (Wildman–Crippen MR) is 81.9 cm³/mol. The number of hydrogen-bond donors (Lipinski definition) is 0. The van der Waals surface area contributed by atoms with Crippen LogP contribution in [0.15, 0.2) is 29.2 Å². The number of ketones is 1. The molecule has 5 nitrogen and oxygen atoms in total. The van der Waals surface area contributed by atoms with Gasteiger partial charge in [-0.15, -0.1) is 0 Å². The van der Waals surface area contributed by atoms with Gasteiger partial charge in [0, 0.05) is 37.7 Å². The van der Waals surface area contributed by atoms with E-state index in [1.807, 2.05) is 14.0 Å². The summed E-state index contributed by atoms with van der Waals surface area (Å²) in [7, 11) is -1.53. The molecule has 1 aromatic rings. The first-order valence-corrected chi connectivity index (χ1v) is 8.64. The Morgan fingerprint density at radius 1 is 1.33 bits per heavy atom. The second-order valence-corrected chi connectivity index (χ2v) is 7.44. The Morgan fingerprint density at radius 3 is 2.67 bits per heavy atom. The standard InChI is InChI=1S/C15H22N2O3S/c1-4-15(18)13-6-5-7-14(10-13)21(19,20)17-9-8-16(3)12(2)11-17/h5-7,10,12H,4,8-9,11H2,1-3H3. The van der Waals surface area contributed by atoms with Crippen LogP contribution in [0.3, 0.4) is 0 Å². The first-order chi connectivity index (χ1) is 9.86. The van der Waals surface area contributed by atoms with E-state index in [0.29, 0.717) is 31.6 Å². The summed E-state index contributed by atoms with van der Waals surface area (Å²) in [5, 5.41) is 0. The van der Waals surface area contributed by atoms with Crippen LogP contribution >= 0.6 is 0 Å². The summed E-state index contributed by atoms with van der Waals surface area (Å²) in [4.78, 5) is 14.1. The maximum absolute atomic E-state index is 12.7. The second kappa shape index (κ2) is 6.25. The summed E-state index contributed by atoms with van der Waals surface area (Å²) in [6.45, 7) is 5.46. The lowest BCUT2D eigenvalue weighted by Gasteiger charge is -2.36. The molecule has 0 aliphatic carbocycles. The fourth-order valence-corrected chi connectivity index (χ4v) is 3.98. The van der Waals surface area contributed by atoms with Gasteiger partial charge in [0.15, 0.2) is 5.78 Å². The van der Waals surface area contributed by atoms with Crippen LogP contribution in [0, 0.1) is 0 Å². The smallest absolute Gasteiger partial charge is 0.243 e. The summed E-state index contributed by atoms with van der Waals surface area (Å²) < 4.78 is 26.9. The molecule has 2 rings (SSSR count). The Bertz CT molecular complexity index is 628. The first kappa shape index (κ1) is 16.1. The number of nitrogens with zero attached hydrogens (tertiary/aromatic N) is 2. The van der Waals surface area contributed by atoms with Gasteiger partial charge in [0.2, 0.25) is 10.0 Å². The van der Waals surface area contributed by atoms with Crippen molar-refractivity contribution in [1.82, 2.24) is 9.21 Å². The second-order valence-electron chi connectivity index (χ2n) is 5.50. The van der Waals surface area contributed by atoms with E-state index in [1.165, 1.54) is 10.4 Å². The van der Waals surface area contributed by atoms with Crippen molar-refractivity contribution in [3.05, 3.63) is 29.8 Å². The highest BCUT2D eigenvalue weighted by molar-refractivity contribution is 7.89. The van der Waals surface area contributed by atoms with Gasteiger partial charge < -0.3 is 4.90 Å². The molecule has 1 aliphatic heterocycles. The number of hydrogen-bond acceptors (Lipinski definition) is 4. The third kappa shape index (κ3) is 3.33. The van der Waals surface area contributed by atoms with E-state index < -0.39 is 10.0 Å². The molecule has 0 amide bonds. The molecule has 1 aromatic carbocycles. The molecule has 1 unspecified atom stereocenters. The molecule has 1 aliphatic rings. The van der Waals surface area contributed by atoms with E-state index in [4.69, 9.17) is 0 Å². The van der Waals surface area contributed by atoms with Crippen molar-refractivity contribution in [3.63, 3.8) is 0 Å². The number of piperazine rings is 1. The highest BCUT2D eigenvalue weighted by Gasteiger charge is 2.31. The molecule has 1 fully saturated rings. The SMILES string of the molecule is CCC(=O)c1cccc(S(=O)(=O)N2CCN(C)C(C)C2)c1. The molecule has 1 heterocycles. The minimum Gasteiger partial charge on any atom is -0.301 e. The van der Waals surface area contributed by atoms with Gasteiger partial charge >= 0.3 is 0 Å². The van der Waals surface area contributed by atoms with Crippen molar-refractivity contribution >= 4 is 15.8 Å². The van der Waals surface area contributed by atoms with Crippen LogP contribution in [0.25, 0.3) is 0 Å². The summed E-state index contributed by atoms with van der Waals surface area (Å²) in [5.41, 5.74) is 0.459. The molecule has 1 saturated heterocycles. The van der Waals surface area contributed by atoms with Gasteiger partial charge in [0.05, 0.1) is 4.90 Å². The molecule has 0 radical (unpaired) electrons. The average molecular weight is 310 g/mol. The molecular weight excluding hydrogens is 288 g/mol. The van der Waals surface area contributed by atoms with E-state index in [0.717, 1.165) is 0 Å². The summed E-state index contributed by atoms with van der Waals surface area (Å²) in [5.74, 6) is -0.0428. The molecule has 0 aromatic heterocycles. The van der Waals surface area contributed by atoms with Crippen molar-refractivity contribution in [2.24, 2.45) is 0 Å². The molecule has 6 heteroatoms. The Hall–Kier alpha value is -1.24.